The maximum Gasteiger partial charge on any atom is 0.265 e. The Kier molecular flexibility index (Phi) is 8.11. The number of hydrogen-bond acceptors (Lipinski definition) is 7. The van der Waals surface area contributed by atoms with E-state index in [0.29, 0.717) is 22.1 Å². The third-order valence-corrected chi connectivity index (χ3v) is 7.18. The van der Waals surface area contributed by atoms with Gasteiger partial charge in [0.05, 0.1) is 4.90 Å². The minimum absolute atomic E-state index is 0.0962. The van der Waals surface area contributed by atoms with Gasteiger partial charge in [-0.1, -0.05) is 12.1 Å². The standard InChI is InChI=1S/C29H29N5O5S/c1-19-18-28-32-31-27(34(28)33-19)5-3-4-21-6-8-22(9-7-21)30-29(36)20(2)38-24-14-16-26(17-15-24)40(37)39-25-12-10-23(35)11-13-25/h6-18,20,33,35H,3-5H2,1-2H3,(H,30,36). The predicted molar refractivity (Wildman–Crippen MR) is 151 cm³/mol. The quantitative estimate of drug-likeness (QED) is 0.213. The van der Waals surface area contributed by atoms with E-state index in [1.165, 1.54) is 24.3 Å². The van der Waals surface area contributed by atoms with Gasteiger partial charge in [-0.15, -0.1) is 10.2 Å². The lowest BCUT2D eigenvalue weighted by Crippen LogP contribution is -2.30. The fraction of sp³-hybridized carbons (Fsp3) is 0.207. The third kappa shape index (κ3) is 6.67. The van der Waals surface area contributed by atoms with Gasteiger partial charge in [0.2, 0.25) is 11.1 Å². The van der Waals surface area contributed by atoms with Crippen LogP contribution in [0.5, 0.6) is 17.2 Å². The van der Waals surface area contributed by atoms with Crippen molar-refractivity contribution >= 4 is 28.3 Å². The summed E-state index contributed by atoms with van der Waals surface area (Å²) in [6.07, 6.45) is 1.85. The Morgan fingerprint density at radius 3 is 2.42 bits per heavy atom. The number of amides is 1. The Bertz CT molecular complexity index is 1610. The van der Waals surface area contributed by atoms with Crippen LogP contribution in [-0.4, -0.2) is 41.1 Å². The summed E-state index contributed by atoms with van der Waals surface area (Å²) in [6, 6.07) is 22.2. The number of aromatic amines is 1. The van der Waals surface area contributed by atoms with Crippen molar-refractivity contribution in [1.82, 2.24) is 19.8 Å². The molecular formula is C29H29N5O5S. The molecule has 0 saturated heterocycles. The molecule has 206 valence electrons. The van der Waals surface area contributed by atoms with E-state index in [0.717, 1.165) is 42.0 Å². The second-order valence-corrected chi connectivity index (χ2v) is 10.4. The highest BCUT2D eigenvalue weighted by Gasteiger charge is 2.16. The number of nitrogens with zero attached hydrogens (tertiary/aromatic N) is 3. The normalized spacial score (nSPS) is 12.7. The van der Waals surface area contributed by atoms with Gasteiger partial charge < -0.3 is 19.3 Å². The van der Waals surface area contributed by atoms with Gasteiger partial charge in [-0.05, 0) is 92.9 Å². The summed E-state index contributed by atoms with van der Waals surface area (Å²) < 4.78 is 25.5. The lowest BCUT2D eigenvalue weighted by atomic mass is 10.1. The number of carbonyl (C=O) groups is 1. The van der Waals surface area contributed by atoms with Crippen LogP contribution in [0.25, 0.3) is 5.65 Å². The first-order valence-electron chi connectivity index (χ1n) is 12.8. The molecule has 0 spiro atoms. The fourth-order valence-electron chi connectivity index (χ4n) is 4.08. The summed E-state index contributed by atoms with van der Waals surface area (Å²) in [5, 5.41) is 23.9. The van der Waals surface area contributed by atoms with E-state index >= 15 is 0 Å². The summed E-state index contributed by atoms with van der Waals surface area (Å²) in [7, 11) is 0. The lowest BCUT2D eigenvalue weighted by Gasteiger charge is -2.15. The van der Waals surface area contributed by atoms with Crippen molar-refractivity contribution in [2.45, 2.75) is 44.1 Å². The molecule has 3 N–H and O–H groups in total. The number of aromatic nitrogens is 4. The van der Waals surface area contributed by atoms with Gasteiger partial charge in [0.1, 0.15) is 17.2 Å². The Hall–Kier alpha value is -4.64. The van der Waals surface area contributed by atoms with Crippen molar-refractivity contribution in [2.24, 2.45) is 0 Å². The second-order valence-electron chi connectivity index (χ2n) is 9.33. The van der Waals surface area contributed by atoms with Crippen LogP contribution in [0.2, 0.25) is 0 Å². The number of aryl methyl sites for hydroxylation is 3. The van der Waals surface area contributed by atoms with E-state index in [4.69, 9.17) is 8.92 Å². The van der Waals surface area contributed by atoms with Crippen molar-refractivity contribution in [3.8, 4) is 17.2 Å². The maximum absolute atomic E-state index is 12.7. The monoisotopic (exact) mass is 559 g/mol. The molecule has 10 nitrogen and oxygen atoms in total. The Morgan fingerprint density at radius 2 is 1.70 bits per heavy atom. The first-order chi connectivity index (χ1) is 19.3. The maximum atomic E-state index is 12.7. The zero-order chi connectivity index (χ0) is 28.1. The number of aromatic hydroxyl groups is 1. The van der Waals surface area contributed by atoms with Crippen LogP contribution in [0.3, 0.4) is 0 Å². The van der Waals surface area contributed by atoms with E-state index < -0.39 is 17.2 Å². The Balaban J connectivity index is 1.07. The molecule has 0 aliphatic heterocycles. The van der Waals surface area contributed by atoms with Gasteiger partial charge >= 0.3 is 0 Å². The van der Waals surface area contributed by atoms with E-state index in [1.807, 2.05) is 41.8 Å². The van der Waals surface area contributed by atoms with Crippen LogP contribution in [0, 0.1) is 6.92 Å². The number of hydrogen-bond donors (Lipinski definition) is 3. The van der Waals surface area contributed by atoms with Crippen molar-refractivity contribution in [1.29, 1.82) is 0 Å². The van der Waals surface area contributed by atoms with Crippen molar-refractivity contribution < 1.29 is 23.0 Å². The lowest BCUT2D eigenvalue weighted by molar-refractivity contribution is -0.122. The molecule has 0 fully saturated rings. The fourth-order valence-corrected chi connectivity index (χ4v) is 4.82. The van der Waals surface area contributed by atoms with Gasteiger partial charge in [-0.2, -0.15) is 0 Å². The smallest absolute Gasteiger partial charge is 0.265 e. The molecule has 2 heterocycles. The number of anilines is 1. The largest absolute Gasteiger partial charge is 0.508 e. The molecule has 40 heavy (non-hydrogen) atoms. The number of ether oxygens (including phenoxy) is 1. The highest BCUT2D eigenvalue weighted by molar-refractivity contribution is 7.80. The summed E-state index contributed by atoms with van der Waals surface area (Å²) in [6.45, 7) is 3.66. The summed E-state index contributed by atoms with van der Waals surface area (Å²) in [5.41, 5.74) is 3.73. The molecule has 0 aliphatic rings. The number of nitrogens with one attached hydrogen (secondary N) is 2. The molecule has 2 atom stereocenters. The molecule has 0 bridgehead atoms. The van der Waals surface area contributed by atoms with Gasteiger partial charge in [0, 0.05) is 23.9 Å². The zero-order valence-electron chi connectivity index (χ0n) is 22.0. The Labute approximate surface area is 233 Å². The van der Waals surface area contributed by atoms with E-state index in [2.05, 4.69) is 20.6 Å². The van der Waals surface area contributed by atoms with Crippen LogP contribution in [0.4, 0.5) is 5.69 Å². The minimum atomic E-state index is -1.74. The van der Waals surface area contributed by atoms with Gasteiger partial charge in [-0.25, -0.2) is 8.72 Å². The Morgan fingerprint density at radius 1 is 1.00 bits per heavy atom. The first-order valence-corrected chi connectivity index (χ1v) is 13.9. The molecule has 0 aliphatic carbocycles. The number of rotatable bonds is 11. The number of fused-ring (bicyclic) bond motifs is 1. The van der Waals surface area contributed by atoms with Crippen molar-refractivity contribution in [3.05, 3.63) is 95.9 Å². The van der Waals surface area contributed by atoms with Crippen LogP contribution in [0.1, 0.15) is 30.4 Å². The van der Waals surface area contributed by atoms with Gasteiger partial charge in [0.15, 0.2) is 17.6 Å². The molecule has 5 rings (SSSR count). The molecule has 0 radical (unpaired) electrons. The van der Waals surface area contributed by atoms with Crippen LogP contribution >= 0.6 is 0 Å². The van der Waals surface area contributed by atoms with E-state index in [-0.39, 0.29) is 11.7 Å². The van der Waals surface area contributed by atoms with Crippen molar-refractivity contribution in [2.75, 3.05) is 5.32 Å². The van der Waals surface area contributed by atoms with E-state index in [9.17, 15) is 14.1 Å². The molecule has 3 aromatic carbocycles. The topological polar surface area (TPSA) is 131 Å². The van der Waals surface area contributed by atoms with Gasteiger partial charge in [-0.3, -0.25) is 9.89 Å². The highest BCUT2D eigenvalue weighted by atomic mass is 32.2. The van der Waals surface area contributed by atoms with Crippen LogP contribution < -0.4 is 14.2 Å². The molecule has 0 saturated carbocycles. The molecule has 5 aromatic rings. The molecule has 2 unspecified atom stereocenters. The summed E-state index contributed by atoms with van der Waals surface area (Å²) >= 11 is -1.74. The van der Waals surface area contributed by atoms with E-state index in [1.54, 1.807) is 31.2 Å². The number of carbonyl (C=O) groups excluding carboxylic acids is 1. The molecule has 1 amide bonds. The summed E-state index contributed by atoms with van der Waals surface area (Å²) in [4.78, 5) is 13.1. The first kappa shape index (κ1) is 26.9. The minimum Gasteiger partial charge on any atom is -0.508 e. The zero-order valence-corrected chi connectivity index (χ0v) is 22.9. The SMILES string of the molecule is Cc1cc2nnc(CCCc3ccc(NC(=O)C(C)Oc4ccc(S(=O)Oc5ccc(O)cc5)cc4)cc3)n2[nH]1. The van der Waals surface area contributed by atoms with Crippen LogP contribution in [0.15, 0.2) is 83.8 Å². The number of H-pyrrole nitrogens is 1. The molecule has 2 aromatic heterocycles. The number of phenolic OH excluding ortho intramolecular Hbond substituents is 1. The summed E-state index contributed by atoms with van der Waals surface area (Å²) in [5.74, 6) is 1.55. The number of benzene rings is 3. The highest BCUT2D eigenvalue weighted by Crippen LogP contribution is 2.21. The average Bonchev–Trinajstić information content (AvgIpc) is 3.50. The molecular weight excluding hydrogens is 530 g/mol. The second kappa shape index (κ2) is 12.0. The average molecular weight is 560 g/mol. The predicted octanol–water partition coefficient (Wildman–Crippen LogP) is 4.75. The number of phenols is 1. The van der Waals surface area contributed by atoms with Crippen molar-refractivity contribution in [3.63, 3.8) is 0 Å². The molecule has 11 heteroatoms. The van der Waals surface area contributed by atoms with Gasteiger partial charge in [0.25, 0.3) is 5.91 Å². The van der Waals surface area contributed by atoms with Crippen LogP contribution in [-0.2, 0) is 28.7 Å². The third-order valence-electron chi connectivity index (χ3n) is 6.18.